The van der Waals surface area contributed by atoms with Crippen LogP contribution in [-0.4, -0.2) is 154 Å². The first kappa shape index (κ1) is 42.8. The average molecular weight is 769 g/mol. The quantitative estimate of drug-likeness (QED) is 0.0600. The van der Waals surface area contributed by atoms with Crippen LogP contribution in [0.15, 0.2) is 48.8 Å². The van der Waals surface area contributed by atoms with Gasteiger partial charge in [-0.15, -0.1) is 0 Å². The highest BCUT2D eigenvalue weighted by molar-refractivity contribution is 6.45. The molecule has 0 unspecified atom stereocenters. The fourth-order valence-corrected chi connectivity index (χ4v) is 5.70. The number of nitrogens with two attached hydrogens (primary N) is 1. The van der Waals surface area contributed by atoms with Crippen LogP contribution in [0.5, 0.6) is 5.75 Å². The number of H-pyrrole nitrogens is 1. The zero-order chi connectivity index (χ0) is 39.3. The van der Waals surface area contributed by atoms with Crippen molar-refractivity contribution in [3.63, 3.8) is 0 Å². The van der Waals surface area contributed by atoms with Crippen molar-refractivity contribution < 1.29 is 52.4 Å². The van der Waals surface area contributed by atoms with Gasteiger partial charge >= 0.3 is 0 Å². The van der Waals surface area contributed by atoms with E-state index in [0.717, 1.165) is 0 Å². The number of aromatic amines is 1. The van der Waals surface area contributed by atoms with Gasteiger partial charge < -0.3 is 54.3 Å². The van der Waals surface area contributed by atoms with Gasteiger partial charge in [-0.3, -0.25) is 24.0 Å². The number of Topliss-reactive ketones (excluding diaryl/α,β-unsaturated/α-hetero) is 1. The molecule has 1 aliphatic heterocycles. The van der Waals surface area contributed by atoms with E-state index in [9.17, 15) is 24.0 Å². The number of amides is 4. The summed E-state index contributed by atoms with van der Waals surface area (Å²) in [4.78, 5) is 72.4. The molecular weight excluding hydrogens is 716 g/mol. The third-order valence-electron chi connectivity index (χ3n) is 8.53. The highest BCUT2D eigenvalue weighted by Gasteiger charge is 2.34. The van der Waals surface area contributed by atoms with Crippen molar-refractivity contribution in [2.24, 2.45) is 5.73 Å². The number of pyridine rings is 1. The minimum absolute atomic E-state index is 0.0419. The summed E-state index contributed by atoms with van der Waals surface area (Å²) >= 11 is 0. The lowest BCUT2D eigenvalue weighted by atomic mass is 10.1. The zero-order valence-corrected chi connectivity index (χ0v) is 31.3. The summed E-state index contributed by atoms with van der Waals surface area (Å²) in [7, 11) is 0. The van der Waals surface area contributed by atoms with E-state index in [-0.39, 0.29) is 56.0 Å². The molecule has 0 bridgehead atoms. The summed E-state index contributed by atoms with van der Waals surface area (Å²) in [5.41, 5.74) is 6.19. The monoisotopic (exact) mass is 768 g/mol. The lowest BCUT2D eigenvalue weighted by Crippen LogP contribution is -2.56. The molecule has 3 aromatic rings. The molecule has 1 atom stereocenters. The average Bonchev–Trinajstić information content (AvgIpc) is 3.64. The van der Waals surface area contributed by atoms with E-state index in [1.807, 2.05) is 25.1 Å². The molecule has 1 fully saturated rings. The molecule has 0 radical (unpaired) electrons. The number of nitrogens with one attached hydrogen (secondary N) is 2. The minimum Gasteiger partial charge on any atom is -0.490 e. The minimum atomic E-state index is -0.678. The largest absolute Gasteiger partial charge is 0.490 e. The summed E-state index contributed by atoms with van der Waals surface area (Å²) in [5, 5.41) is 3.12. The molecule has 2 aromatic heterocycles. The predicted octanol–water partition coefficient (Wildman–Crippen LogP) is 1.35. The van der Waals surface area contributed by atoms with E-state index in [4.69, 9.17) is 34.2 Å². The molecule has 0 aliphatic carbocycles. The Labute approximate surface area is 320 Å². The molecule has 4 N–H and O–H groups in total. The number of hydrogen-bond acceptors (Lipinski definition) is 12. The van der Waals surface area contributed by atoms with Crippen LogP contribution in [0.2, 0.25) is 0 Å². The zero-order valence-electron chi connectivity index (χ0n) is 31.3. The number of carbonyl (C=O) groups is 5. The van der Waals surface area contributed by atoms with Crippen LogP contribution in [0.25, 0.3) is 11.0 Å². The summed E-state index contributed by atoms with van der Waals surface area (Å²) in [6.45, 7) is 7.40. The molecular formula is C38H52N6O11. The summed E-state index contributed by atoms with van der Waals surface area (Å²) in [6, 6.07) is 10.3. The second-order valence-electron chi connectivity index (χ2n) is 12.6. The van der Waals surface area contributed by atoms with E-state index in [1.54, 1.807) is 29.3 Å². The predicted molar refractivity (Wildman–Crippen MR) is 200 cm³/mol. The second-order valence-corrected chi connectivity index (χ2v) is 12.6. The van der Waals surface area contributed by atoms with Crippen LogP contribution in [0, 0.1) is 0 Å². The Morgan fingerprint density at radius 1 is 0.818 bits per heavy atom. The van der Waals surface area contributed by atoms with Gasteiger partial charge in [0.25, 0.3) is 17.6 Å². The maximum atomic E-state index is 13.5. The van der Waals surface area contributed by atoms with Crippen molar-refractivity contribution in [3.8, 4) is 5.75 Å². The molecule has 0 saturated carbocycles. The standard InChI is InChI=1S/C38H52N6O11/c1-28-27-43(37(48)29-6-3-2-4-7-29)13-14-44(28)38(49)35(47)30-26-42-36-34(30)31(10-12-41-36)55-25-24-54-23-22-53-21-20-52-19-18-51-17-16-50-15-5-11-40-33(46)9-8-32(39)45/h2-4,6-7,10,12,26,28H,5,8-9,11,13-25,27H2,1H3,(H2,39,45)(H,40,46)(H,41,42)/t28-/m1/s1. The third kappa shape index (κ3) is 14.3. The van der Waals surface area contributed by atoms with Gasteiger partial charge in [0, 0.05) is 69.6 Å². The van der Waals surface area contributed by atoms with Crippen LogP contribution in [-0.2, 0) is 38.1 Å². The maximum Gasteiger partial charge on any atom is 0.295 e. The number of benzene rings is 1. The molecule has 1 aromatic carbocycles. The van der Waals surface area contributed by atoms with Gasteiger partial charge in [-0.2, -0.15) is 0 Å². The topological polar surface area (TPSA) is 214 Å². The highest BCUT2D eigenvalue weighted by Crippen LogP contribution is 2.28. The molecule has 300 valence electrons. The molecule has 0 spiro atoms. The van der Waals surface area contributed by atoms with E-state index >= 15 is 0 Å². The van der Waals surface area contributed by atoms with Gasteiger partial charge in [0.1, 0.15) is 18.0 Å². The van der Waals surface area contributed by atoms with Gasteiger partial charge in [0.2, 0.25) is 11.8 Å². The number of carbonyl (C=O) groups excluding carboxylic acids is 5. The number of primary amides is 1. The van der Waals surface area contributed by atoms with Crippen molar-refractivity contribution in [2.75, 3.05) is 98.9 Å². The Bertz CT molecular complexity index is 1670. The molecule has 4 amide bonds. The Morgan fingerprint density at radius 3 is 2.05 bits per heavy atom. The van der Waals surface area contributed by atoms with Crippen LogP contribution >= 0.6 is 0 Å². The van der Waals surface area contributed by atoms with Crippen molar-refractivity contribution in [1.29, 1.82) is 0 Å². The molecule has 1 saturated heterocycles. The number of fused-ring (bicyclic) bond motifs is 1. The van der Waals surface area contributed by atoms with Crippen molar-refractivity contribution in [3.05, 3.63) is 59.9 Å². The van der Waals surface area contributed by atoms with E-state index in [1.165, 1.54) is 11.1 Å². The lowest BCUT2D eigenvalue weighted by Gasteiger charge is -2.39. The Kier molecular flexibility index (Phi) is 18.5. The normalized spacial score (nSPS) is 14.2. The second kappa shape index (κ2) is 23.8. The summed E-state index contributed by atoms with van der Waals surface area (Å²) < 4.78 is 33.5. The molecule has 55 heavy (non-hydrogen) atoms. The van der Waals surface area contributed by atoms with Crippen molar-refractivity contribution >= 4 is 40.4 Å². The smallest absolute Gasteiger partial charge is 0.295 e. The number of ether oxygens (including phenoxy) is 6. The first-order chi connectivity index (χ1) is 26.8. The highest BCUT2D eigenvalue weighted by atomic mass is 16.6. The number of hydrogen-bond donors (Lipinski definition) is 3. The first-order valence-electron chi connectivity index (χ1n) is 18.5. The molecule has 1 aliphatic rings. The number of ketones is 1. The number of aromatic nitrogens is 2. The van der Waals surface area contributed by atoms with Gasteiger partial charge in [-0.25, -0.2) is 4.98 Å². The number of piperazine rings is 1. The Morgan fingerprint density at radius 2 is 1.44 bits per heavy atom. The van der Waals surface area contributed by atoms with Crippen molar-refractivity contribution in [2.45, 2.75) is 32.2 Å². The van der Waals surface area contributed by atoms with Gasteiger partial charge in [-0.1, -0.05) is 18.2 Å². The SMILES string of the molecule is C[C@@H]1CN(C(=O)c2ccccc2)CCN1C(=O)C(=O)c1c[nH]c2nccc(OCCOCCOCCOCCOCCOCCCNC(=O)CCC(N)=O)c12. The van der Waals surface area contributed by atoms with Crippen LogP contribution in [0.4, 0.5) is 0 Å². The van der Waals surface area contributed by atoms with Gasteiger partial charge in [-0.05, 0) is 31.5 Å². The van der Waals surface area contributed by atoms with Gasteiger partial charge in [0.15, 0.2) is 0 Å². The fraction of sp³-hybridized carbons (Fsp3) is 0.526. The van der Waals surface area contributed by atoms with Gasteiger partial charge in [0.05, 0.1) is 70.4 Å². The Hall–Kier alpha value is -4.94. The summed E-state index contributed by atoms with van der Waals surface area (Å²) in [5.74, 6) is -1.73. The number of nitrogens with zero attached hydrogens (tertiary/aromatic N) is 3. The van der Waals surface area contributed by atoms with Crippen LogP contribution in [0.1, 0.15) is 46.9 Å². The molecule has 4 rings (SSSR count). The molecule has 17 heteroatoms. The van der Waals surface area contributed by atoms with Crippen LogP contribution < -0.4 is 15.8 Å². The third-order valence-corrected chi connectivity index (χ3v) is 8.53. The summed E-state index contributed by atoms with van der Waals surface area (Å²) in [6.07, 6.45) is 3.82. The fourth-order valence-electron chi connectivity index (χ4n) is 5.70. The lowest BCUT2D eigenvalue weighted by molar-refractivity contribution is -0.130. The van der Waals surface area contributed by atoms with Crippen molar-refractivity contribution in [1.82, 2.24) is 25.1 Å². The van der Waals surface area contributed by atoms with E-state index < -0.39 is 17.6 Å². The number of rotatable bonds is 26. The first-order valence-corrected chi connectivity index (χ1v) is 18.5. The maximum absolute atomic E-state index is 13.5. The van der Waals surface area contributed by atoms with Crippen LogP contribution in [0.3, 0.4) is 0 Å². The van der Waals surface area contributed by atoms with E-state index in [2.05, 4.69) is 15.3 Å². The molecule has 17 nitrogen and oxygen atoms in total. The molecule has 3 heterocycles. The Balaban J connectivity index is 1.02. The van der Waals surface area contributed by atoms with E-state index in [0.29, 0.717) is 108 Å².